The van der Waals surface area contributed by atoms with Crippen LogP contribution in [0.2, 0.25) is 0 Å². The molecule has 0 aliphatic rings. The van der Waals surface area contributed by atoms with Crippen LogP contribution < -0.4 is 10.1 Å². The SMILES string of the molecule is CCCNC(Cc1ccccc1F)c1cccnc1OC. The fraction of sp³-hybridized carbons (Fsp3) is 0.353. The summed E-state index contributed by atoms with van der Waals surface area (Å²) >= 11 is 0. The Morgan fingerprint density at radius 1 is 1.24 bits per heavy atom. The van der Waals surface area contributed by atoms with Crippen LogP contribution >= 0.6 is 0 Å². The minimum atomic E-state index is -0.177. The number of pyridine rings is 1. The first-order chi connectivity index (χ1) is 10.3. The summed E-state index contributed by atoms with van der Waals surface area (Å²) in [6.07, 6.45) is 3.27. The van der Waals surface area contributed by atoms with E-state index in [4.69, 9.17) is 4.74 Å². The fourth-order valence-corrected chi connectivity index (χ4v) is 2.33. The van der Waals surface area contributed by atoms with E-state index in [1.54, 1.807) is 19.4 Å². The minimum Gasteiger partial charge on any atom is -0.481 e. The zero-order valence-corrected chi connectivity index (χ0v) is 12.5. The summed E-state index contributed by atoms with van der Waals surface area (Å²) in [5.41, 5.74) is 1.65. The molecule has 3 nitrogen and oxygen atoms in total. The molecule has 2 rings (SSSR count). The molecule has 0 radical (unpaired) electrons. The molecule has 1 unspecified atom stereocenters. The molecule has 0 spiro atoms. The average molecular weight is 288 g/mol. The third-order valence-corrected chi connectivity index (χ3v) is 3.39. The molecule has 1 atom stereocenters. The molecule has 112 valence electrons. The van der Waals surface area contributed by atoms with Gasteiger partial charge >= 0.3 is 0 Å². The lowest BCUT2D eigenvalue weighted by atomic mass is 9.99. The van der Waals surface area contributed by atoms with Crippen LogP contribution in [0, 0.1) is 5.82 Å². The van der Waals surface area contributed by atoms with Gasteiger partial charge in [-0.2, -0.15) is 0 Å². The first kappa shape index (κ1) is 15.4. The fourth-order valence-electron chi connectivity index (χ4n) is 2.33. The summed E-state index contributed by atoms with van der Waals surface area (Å²) in [7, 11) is 1.60. The van der Waals surface area contributed by atoms with Gasteiger partial charge in [-0.15, -0.1) is 0 Å². The van der Waals surface area contributed by atoms with Gasteiger partial charge in [-0.3, -0.25) is 0 Å². The lowest BCUT2D eigenvalue weighted by molar-refractivity contribution is 0.381. The Morgan fingerprint density at radius 3 is 2.76 bits per heavy atom. The van der Waals surface area contributed by atoms with Gasteiger partial charge in [0.25, 0.3) is 0 Å². The van der Waals surface area contributed by atoms with Gasteiger partial charge in [0.15, 0.2) is 0 Å². The summed E-state index contributed by atoms with van der Waals surface area (Å²) in [5.74, 6) is 0.408. The van der Waals surface area contributed by atoms with Gasteiger partial charge < -0.3 is 10.1 Å². The largest absolute Gasteiger partial charge is 0.481 e. The Labute approximate surface area is 125 Å². The minimum absolute atomic E-state index is 0.0227. The number of nitrogens with zero attached hydrogens (tertiary/aromatic N) is 1. The van der Waals surface area contributed by atoms with E-state index in [0.717, 1.165) is 18.5 Å². The Kier molecular flexibility index (Phi) is 5.69. The van der Waals surface area contributed by atoms with E-state index in [0.29, 0.717) is 17.9 Å². The van der Waals surface area contributed by atoms with Crippen LogP contribution in [0.1, 0.15) is 30.5 Å². The number of halogens is 1. The standard InChI is InChI=1S/C17H21FN2O/c1-3-10-19-16(12-13-7-4-5-9-15(13)18)14-8-6-11-20-17(14)21-2/h4-9,11,16,19H,3,10,12H2,1-2H3. The average Bonchev–Trinajstić information content (AvgIpc) is 2.53. The number of aromatic nitrogens is 1. The van der Waals surface area contributed by atoms with E-state index in [1.165, 1.54) is 6.07 Å². The third kappa shape index (κ3) is 4.02. The second-order valence-corrected chi connectivity index (χ2v) is 4.90. The van der Waals surface area contributed by atoms with Crippen LogP contribution in [0.3, 0.4) is 0 Å². The van der Waals surface area contributed by atoms with Crippen molar-refractivity contribution in [2.75, 3.05) is 13.7 Å². The molecular formula is C17H21FN2O. The molecule has 21 heavy (non-hydrogen) atoms. The maximum Gasteiger partial charge on any atom is 0.217 e. The van der Waals surface area contributed by atoms with E-state index in [9.17, 15) is 4.39 Å². The highest BCUT2D eigenvalue weighted by Gasteiger charge is 2.18. The molecule has 1 heterocycles. The Hall–Kier alpha value is -1.94. The Bertz CT molecular complexity index is 574. The van der Waals surface area contributed by atoms with Gasteiger partial charge in [-0.05, 0) is 37.1 Å². The number of hydrogen-bond donors (Lipinski definition) is 1. The lowest BCUT2D eigenvalue weighted by Gasteiger charge is -2.21. The van der Waals surface area contributed by atoms with Gasteiger partial charge in [-0.1, -0.05) is 31.2 Å². The van der Waals surface area contributed by atoms with Gasteiger partial charge in [0.2, 0.25) is 5.88 Å². The van der Waals surface area contributed by atoms with Gasteiger partial charge in [0, 0.05) is 17.8 Å². The highest BCUT2D eigenvalue weighted by atomic mass is 19.1. The zero-order chi connectivity index (χ0) is 15.1. The van der Waals surface area contributed by atoms with E-state index in [-0.39, 0.29) is 11.9 Å². The summed E-state index contributed by atoms with van der Waals surface area (Å²) < 4.78 is 19.2. The number of ether oxygens (including phenoxy) is 1. The molecule has 4 heteroatoms. The summed E-state index contributed by atoms with van der Waals surface area (Å²) in [6.45, 7) is 2.96. The molecular weight excluding hydrogens is 267 g/mol. The summed E-state index contributed by atoms with van der Waals surface area (Å²) in [6, 6.07) is 10.7. The van der Waals surface area contributed by atoms with Crippen LogP contribution in [0.25, 0.3) is 0 Å². The molecule has 0 amide bonds. The van der Waals surface area contributed by atoms with E-state index < -0.39 is 0 Å². The topological polar surface area (TPSA) is 34.2 Å². The van der Waals surface area contributed by atoms with Crippen molar-refractivity contribution in [1.29, 1.82) is 0 Å². The molecule has 0 aliphatic carbocycles. The number of hydrogen-bond acceptors (Lipinski definition) is 3. The Morgan fingerprint density at radius 2 is 2.05 bits per heavy atom. The monoisotopic (exact) mass is 288 g/mol. The van der Waals surface area contributed by atoms with Crippen molar-refractivity contribution in [3.8, 4) is 5.88 Å². The third-order valence-electron chi connectivity index (χ3n) is 3.39. The van der Waals surface area contributed by atoms with Gasteiger partial charge in [-0.25, -0.2) is 9.37 Å². The van der Waals surface area contributed by atoms with Crippen molar-refractivity contribution in [3.05, 3.63) is 59.5 Å². The van der Waals surface area contributed by atoms with Crippen molar-refractivity contribution in [3.63, 3.8) is 0 Å². The van der Waals surface area contributed by atoms with Crippen LogP contribution in [-0.4, -0.2) is 18.6 Å². The molecule has 0 saturated heterocycles. The van der Waals surface area contributed by atoms with Gasteiger partial charge in [0.1, 0.15) is 5.82 Å². The molecule has 2 aromatic rings. The smallest absolute Gasteiger partial charge is 0.217 e. The van der Waals surface area contributed by atoms with Crippen LogP contribution in [0.5, 0.6) is 5.88 Å². The first-order valence-electron chi connectivity index (χ1n) is 7.22. The number of rotatable bonds is 7. The van der Waals surface area contributed by atoms with Crippen LogP contribution in [0.4, 0.5) is 4.39 Å². The molecule has 1 aromatic carbocycles. The van der Waals surface area contributed by atoms with Crippen molar-refractivity contribution in [2.45, 2.75) is 25.8 Å². The first-order valence-corrected chi connectivity index (χ1v) is 7.22. The maximum absolute atomic E-state index is 13.9. The van der Waals surface area contributed by atoms with Crippen molar-refractivity contribution in [1.82, 2.24) is 10.3 Å². The molecule has 1 N–H and O–H groups in total. The quantitative estimate of drug-likeness (QED) is 0.846. The maximum atomic E-state index is 13.9. The normalized spacial score (nSPS) is 12.1. The predicted molar refractivity (Wildman–Crippen MR) is 81.9 cm³/mol. The van der Waals surface area contributed by atoms with Gasteiger partial charge in [0.05, 0.1) is 7.11 Å². The van der Waals surface area contributed by atoms with E-state index in [1.807, 2.05) is 24.3 Å². The molecule has 0 saturated carbocycles. The summed E-state index contributed by atoms with van der Waals surface area (Å²) in [4.78, 5) is 4.23. The molecule has 0 bridgehead atoms. The van der Waals surface area contributed by atoms with E-state index in [2.05, 4.69) is 17.2 Å². The van der Waals surface area contributed by atoms with Crippen molar-refractivity contribution >= 4 is 0 Å². The number of methoxy groups -OCH3 is 1. The van der Waals surface area contributed by atoms with Crippen LogP contribution in [0.15, 0.2) is 42.6 Å². The predicted octanol–water partition coefficient (Wildman–Crippen LogP) is 3.51. The molecule has 0 fully saturated rings. The molecule has 1 aromatic heterocycles. The number of benzene rings is 1. The highest BCUT2D eigenvalue weighted by Crippen LogP contribution is 2.26. The summed E-state index contributed by atoms with van der Waals surface area (Å²) in [5, 5.41) is 3.45. The van der Waals surface area contributed by atoms with E-state index >= 15 is 0 Å². The van der Waals surface area contributed by atoms with Crippen molar-refractivity contribution < 1.29 is 9.13 Å². The van der Waals surface area contributed by atoms with Crippen molar-refractivity contribution in [2.24, 2.45) is 0 Å². The lowest BCUT2D eigenvalue weighted by Crippen LogP contribution is -2.25. The highest BCUT2D eigenvalue weighted by molar-refractivity contribution is 5.31. The zero-order valence-electron chi connectivity index (χ0n) is 12.5. The molecule has 0 aliphatic heterocycles. The number of nitrogens with one attached hydrogen (secondary N) is 1. The second-order valence-electron chi connectivity index (χ2n) is 4.90. The second kappa shape index (κ2) is 7.74. The van der Waals surface area contributed by atoms with Crippen LogP contribution in [-0.2, 0) is 6.42 Å². The Balaban J connectivity index is 2.28.